The van der Waals surface area contributed by atoms with Gasteiger partial charge in [-0.15, -0.1) is 0 Å². The number of nitrogens with zero attached hydrogens (tertiary/aromatic N) is 3. The molecule has 158 valence electrons. The first-order valence-corrected chi connectivity index (χ1v) is 10.6. The number of fused-ring (bicyclic) bond motifs is 3. The van der Waals surface area contributed by atoms with E-state index in [0.29, 0.717) is 24.1 Å². The SMILES string of the molecule is Cn1c(=O)c2c(-c3cccc(Br)c3)n3c(c2n(C)c1=O)[C@H](c1ccc(F)cc1)OCC3. The van der Waals surface area contributed by atoms with Crippen molar-refractivity contribution in [2.45, 2.75) is 12.6 Å². The van der Waals surface area contributed by atoms with Crippen LogP contribution in [0.1, 0.15) is 17.4 Å². The summed E-state index contributed by atoms with van der Waals surface area (Å²) in [4.78, 5) is 26.1. The summed E-state index contributed by atoms with van der Waals surface area (Å²) >= 11 is 3.51. The van der Waals surface area contributed by atoms with Gasteiger partial charge >= 0.3 is 5.69 Å². The highest BCUT2D eigenvalue weighted by atomic mass is 79.9. The Labute approximate surface area is 185 Å². The average Bonchev–Trinajstić information content (AvgIpc) is 3.12. The van der Waals surface area contributed by atoms with Crippen LogP contribution in [-0.4, -0.2) is 20.3 Å². The minimum Gasteiger partial charge on any atom is -0.365 e. The van der Waals surface area contributed by atoms with Gasteiger partial charge in [-0.1, -0.05) is 40.2 Å². The lowest BCUT2D eigenvalue weighted by Crippen LogP contribution is -2.37. The van der Waals surface area contributed by atoms with E-state index in [2.05, 4.69) is 20.5 Å². The molecule has 0 fully saturated rings. The minimum absolute atomic E-state index is 0.337. The monoisotopic (exact) mass is 483 g/mol. The summed E-state index contributed by atoms with van der Waals surface area (Å²) in [7, 11) is 3.14. The van der Waals surface area contributed by atoms with Crippen molar-refractivity contribution >= 4 is 26.8 Å². The number of aromatic nitrogens is 3. The largest absolute Gasteiger partial charge is 0.365 e. The molecule has 2 aromatic heterocycles. The third-order valence-electron chi connectivity index (χ3n) is 5.82. The molecule has 0 unspecified atom stereocenters. The molecule has 1 atom stereocenters. The van der Waals surface area contributed by atoms with E-state index in [-0.39, 0.29) is 11.4 Å². The van der Waals surface area contributed by atoms with Crippen LogP contribution in [-0.2, 0) is 25.4 Å². The number of aryl methyl sites for hydroxylation is 1. The van der Waals surface area contributed by atoms with E-state index in [0.717, 1.165) is 31.6 Å². The maximum absolute atomic E-state index is 13.5. The van der Waals surface area contributed by atoms with Gasteiger partial charge in [0.1, 0.15) is 11.9 Å². The molecule has 0 bridgehead atoms. The zero-order valence-electron chi connectivity index (χ0n) is 16.9. The number of rotatable bonds is 2. The second-order valence-corrected chi connectivity index (χ2v) is 8.54. The average molecular weight is 484 g/mol. The van der Waals surface area contributed by atoms with E-state index in [1.54, 1.807) is 19.2 Å². The van der Waals surface area contributed by atoms with Crippen LogP contribution in [0.2, 0.25) is 0 Å². The van der Waals surface area contributed by atoms with Crippen molar-refractivity contribution in [1.29, 1.82) is 0 Å². The van der Waals surface area contributed by atoms with Crippen LogP contribution in [0.15, 0.2) is 62.6 Å². The van der Waals surface area contributed by atoms with Crippen molar-refractivity contribution in [3.63, 3.8) is 0 Å². The fourth-order valence-electron chi connectivity index (χ4n) is 4.41. The summed E-state index contributed by atoms with van der Waals surface area (Å²) in [6, 6.07) is 13.8. The second-order valence-electron chi connectivity index (χ2n) is 7.63. The van der Waals surface area contributed by atoms with Crippen LogP contribution in [0.4, 0.5) is 4.39 Å². The number of hydrogen-bond acceptors (Lipinski definition) is 3. The van der Waals surface area contributed by atoms with Gasteiger partial charge in [-0.3, -0.25) is 13.9 Å². The maximum atomic E-state index is 13.5. The molecule has 1 aliphatic rings. The van der Waals surface area contributed by atoms with Crippen molar-refractivity contribution < 1.29 is 9.13 Å². The van der Waals surface area contributed by atoms with Crippen LogP contribution in [0, 0.1) is 5.82 Å². The van der Waals surface area contributed by atoms with Crippen LogP contribution in [0.25, 0.3) is 22.2 Å². The van der Waals surface area contributed by atoms with Gasteiger partial charge in [0, 0.05) is 30.7 Å². The Morgan fingerprint density at radius 1 is 1.06 bits per heavy atom. The summed E-state index contributed by atoms with van der Waals surface area (Å²) in [5, 5.41) is 0.468. The van der Waals surface area contributed by atoms with Gasteiger partial charge in [0.25, 0.3) is 5.56 Å². The number of hydrogen-bond donors (Lipinski definition) is 0. The lowest BCUT2D eigenvalue weighted by molar-refractivity contribution is 0.0478. The standard InChI is InChI=1S/C23H19BrFN3O3/c1-26-19-17(22(29)27(2)23(26)30)18(14-4-3-5-15(24)12-14)28-10-11-31-21(20(19)28)13-6-8-16(25)9-7-13/h3-9,12,21H,10-11H2,1-2H3/t21-/m0/s1. The van der Waals surface area contributed by atoms with Gasteiger partial charge < -0.3 is 9.30 Å². The highest BCUT2D eigenvalue weighted by molar-refractivity contribution is 9.10. The molecule has 0 saturated carbocycles. The molecule has 0 amide bonds. The molecule has 8 heteroatoms. The Morgan fingerprint density at radius 2 is 1.81 bits per heavy atom. The van der Waals surface area contributed by atoms with Crippen molar-refractivity contribution in [2.75, 3.05) is 6.61 Å². The van der Waals surface area contributed by atoms with E-state index < -0.39 is 11.8 Å². The first-order chi connectivity index (χ1) is 14.9. The molecule has 0 N–H and O–H groups in total. The van der Waals surface area contributed by atoms with Gasteiger partial charge in [-0.05, 0) is 29.8 Å². The molecule has 0 radical (unpaired) electrons. The van der Waals surface area contributed by atoms with Gasteiger partial charge in [-0.25, -0.2) is 9.18 Å². The van der Waals surface area contributed by atoms with E-state index in [4.69, 9.17) is 4.74 Å². The van der Waals surface area contributed by atoms with Crippen LogP contribution in [0.3, 0.4) is 0 Å². The Kier molecular flexibility index (Phi) is 4.71. The summed E-state index contributed by atoms with van der Waals surface area (Å²) in [6.45, 7) is 0.951. The van der Waals surface area contributed by atoms with Crippen molar-refractivity contribution in [1.82, 2.24) is 13.7 Å². The van der Waals surface area contributed by atoms with E-state index in [1.807, 2.05) is 24.3 Å². The molecule has 31 heavy (non-hydrogen) atoms. The maximum Gasteiger partial charge on any atom is 0.331 e. The number of benzene rings is 2. The van der Waals surface area contributed by atoms with E-state index in [1.165, 1.54) is 23.7 Å². The minimum atomic E-state index is -0.532. The highest BCUT2D eigenvalue weighted by Crippen LogP contribution is 2.40. The summed E-state index contributed by atoms with van der Waals surface area (Å²) in [5.41, 5.74) is 2.87. The van der Waals surface area contributed by atoms with Crippen molar-refractivity contribution in [2.24, 2.45) is 14.1 Å². The normalized spacial score (nSPS) is 15.9. The predicted molar refractivity (Wildman–Crippen MR) is 120 cm³/mol. The zero-order valence-corrected chi connectivity index (χ0v) is 18.5. The number of ether oxygens (including phenoxy) is 1. The first kappa shape index (κ1) is 20.0. The summed E-state index contributed by atoms with van der Waals surface area (Å²) in [5.74, 6) is -0.337. The molecule has 0 saturated heterocycles. The third-order valence-corrected chi connectivity index (χ3v) is 6.32. The molecular weight excluding hydrogens is 465 g/mol. The molecule has 2 aromatic carbocycles. The van der Waals surface area contributed by atoms with Crippen LogP contribution < -0.4 is 11.2 Å². The Hall–Kier alpha value is -2.97. The Morgan fingerprint density at radius 3 is 2.52 bits per heavy atom. The molecule has 0 spiro atoms. The topological polar surface area (TPSA) is 58.2 Å². The molecule has 1 aliphatic heterocycles. The zero-order chi connectivity index (χ0) is 21.9. The van der Waals surface area contributed by atoms with Crippen molar-refractivity contribution in [3.05, 3.63) is 90.9 Å². The summed E-state index contributed by atoms with van der Waals surface area (Å²) in [6.07, 6.45) is -0.532. The highest BCUT2D eigenvalue weighted by Gasteiger charge is 2.33. The summed E-state index contributed by atoms with van der Waals surface area (Å²) < 4.78 is 25.2. The quantitative estimate of drug-likeness (QED) is 0.436. The van der Waals surface area contributed by atoms with E-state index in [9.17, 15) is 14.0 Å². The smallest absolute Gasteiger partial charge is 0.331 e. The molecule has 6 nitrogen and oxygen atoms in total. The van der Waals surface area contributed by atoms with Gasteiger partial charge in [0.05, 0.1) is 28.9 Å². The Balaban J connectivity index is 1.94. The van der Waals surface area contributed by atoms with Crippen molar-refractivity contribution in [3.8, 4) is 11.3 Å². The van der Waals surface area contributed by atoms with Gasteiger partial charge in [0.2, 0.25) is 0 Å². The second kappa shape index (κ2) is 7.32. The lowest BCUT2D eigenvalue weighted by atomic mass is 10.0. The molecule has 3 heterocycles. The van der Waals surface area contributed by atoms with E-state index >= 15 is 0 Å². The molecular formula is C23H19BrFN3O3. The van der Waals surface area contributed by atoms with Gasteiger partial charge in [-0.2, -0.15) is 0 Å². The molecule has 0 aliphatic carbocycles. The van der Waals surface area contributed by atoms with Crippen LogP contribution in [0.5, 0.6) is 0 Å². The lowest BCUT2D eigenvalue weighted by Gasteiger charge is -2.27. The third kappa shape index (κ3) is 3.01. The predicted octanol–water partition coefficient (Wildman–Crippen LogP) is 3.73. The number of halogens is 2. The molecule has 5 rings (SSSR count). The fraction of sp³-hybridized carbons (Fsp3) is 0.217. The first-order valence-electron chi connectivity index (χ1n) is 9.83. The molecule has 4 aromatic rings. The van der Waals surface area contributed by atoms with Crippen LogP contribution >= 0.6 is 15.9 Å². The van der Waals surface area contributed by atoms with Gasteiger partial charge in [0.15, 0.2) is 0 Å². The Bertz CT molecular complexity index is 1450. The fourth-order valence-corrected chi connectivity index (χ4v) is 4.81.